The average molecular weight is 183 g/mol. The van der Waals surface area contributed by atoms with Crippen molar-refractivity contribution in [1.82, 2.24) is 14.9 Å². The molecule has 3 nitrogen and oxygen atoms in total. The van der Waals surface area contributed by atoms with Crippen LogP contribution in [0.3, 0.4) is 0 Å². The molecule has 1 saturated carbocycles. The van der Waals surface area contributed by atoms with Crippen LogP contribution in [0.2, 0.25) is 0 Å². The smallest absolute Gasteiger partial charge is 0.0893 e. The molecule has 1 heterocycles. The van der Waals surface area contributed by atoms with E-state index in [2.05, 4.69) is 21.8 Å². The fourth-order valence-electron chi connectivity index (χ4n) is 1.47. The third-order valence-electron chi connectivity index (χ3n) is 2.57. The zero-order valence-electron chi connectivity index (χ0n) is 7.16. The van der Waals surface area contributed by atoms with Gasteiger partial charge in [-0.15, -0.1) is 5.10 Å². The summed E-state index contributed by atoms with van der Waals surface area (Å²) in [5.41, 5.74) is 1.07. The normalized spacial score (nSPS) is 28.4. The standard InChI is InChI=1S/C8H13N3S/c1-6-2-3-8(6)9-4-7-5-12-11-10-7/h5-6,8-9H,2-4H2,1H3. The van der Waals surface area contributed by atoms with Crippen LogP contribution in [0, 0.1) is 5.92 Å². The molecule has 12 heavy (non-hydrogen) atoms. The van der Waals surface area contributed by atoms with Gasteiger partial charge in [-0.3, -0.25) is 0 Å². The Labute approximate surface area is 76.4 Å². The Morgan fingerprint density at radius 1 is 1.67 bits per heavy atom. The molecule has 0 spiro atoms. The Bertz CT molecular complexity index is 234. The van der Waals surface area contributed by atoms with Crippen molar-refractivity contribution in [2.24, 2.45) is 5.92 Å². The number of aromatic nitrogens is 2. The Morgan fingerprint density at radius 3 is 3.08 bits per heavy atom. The maximum absolute atomic E-state index is 3.98. The highest BCUT2D eigenvalue weighted by molar-refractivity contribution is 7.03. The minimum Gasteiger partial charge on any atom is -0.308 e. The van der Waals surface area contributed by atoms with E-state index in [9.17, 15) is 0 Å². The summed E-state index contributed by atoms with van der Waals surface area (Å²) in [6, 6.07) is 0.715. The lowest BCUT2D eigenvalue weighted by molar-refractivity contribution is 0.227. The van der Waals surface area contributed by atoms with E-state index in [-0.39, 0.29) is 0 Å². The molecular weight excluding hydrogens is 170 g/mol. The fourth-order valence-corrected chi connectivity index (χ4v) is 1.92. The van der Waals surface area contributed by atoms with Gasteiger partial charge in [-0.2, -0.15) is 0 Å². The van der Waals surface area contributed by atoms with Crippen LogP contribution < -0.4 is 5.32 Å². The van der Waals surface area contributed by atoms with E-state index in [0.29, 0.717) is 6.04 Å². The summed E-state index contributed by atoms with van der Waals surface area (Å²) in [5.74, 6) is 0.844. The molecule has 66 valence electrons. The van der Waals surface area contributed by atoms with Crippen molar-refractivity contribution in [3.8, 4) is 0 Å². The van der Waals surface area contributed by atoms with E-state index in [1.54, 1.807) is 0 Å². The van der Waals surface area contributed by atoms with E-state index in [0.717, 1.165) is 18.2 Å². The summed E-state index contributed by atoms with van der Waals surface area (Å²) >= 11 is 1.42. The summed E-state index contributed by atoms with van der Waals surface area (Å²) in [6.07, 6.45) is 2.69. The van der Waals surface area contributed by atoms with Crippen LogP contribution in [-0.4, -0.2) is 15.6 Å². The van der Waals surface area contributed by atoms with Gasteiger partial charge < -0.3 is 5.32 Å². The lowest BCUT2D eigenvalue weighted by Gasteiger charge is -2.34. The lowest BCUT2D eigenvalue weighted by Crippen LogP contribution is -2.41. The van der Waals surface area contributed by atoms with Gasteiger partial charge in [0.05, 0.1) is 5.69 Å². The van der Waals surface area contributed by atoms with Crippen LogP contribution in [0.15, 0.2) is 5.38 Å². The largest absolute Gasteiger partial charge is 0.308 e. The number of rotatable bonds is 3. The van der Waals surface area contributed by atoms with E-state index in [1.165, 1.54) is 24.4 Å². The van der Waals surface area contributed by atoms with Gasteiger partial charge in [-0.1, -0.05) is 11.4 Å². The molecule has 1 aromatic heterocycles. The highest BCUT2D eigenvalue weighted by atomic mass is 32.1. The second-order valence-electron chi connectivity index (χ2n) is 3.44. The van der Waals surface area contributed by atoms with Gasteiger partial charge in [0.2, 0.25) is 0 Å². The van der Waals surface area contributed by atoms with Crippen molar-refractivity contribution in [1.29, 1.82) is 0 Å². The van der Waals surface area contributed by atoms with Crippen molar-refractivity contribution in [2.45, 2.75) is 32.4 Å². The highest BCUT2D eigenvalue weighted by Crippen LogP contribution is 2.26. The maximum atomic E-state index is 3.98. The number of hydrogen-bond acceptors (Lipinski definition) is 4. The third-order valence-corrected chi connectivity index (χ3v) is 3.12. The monoisotopic (exact) mass is 183 g/mol. The Kier molecular flexibility index (Phi) is 2.37. The minimum absolute atomic E-state index is 0.715. The van der Waals surface area contributed by atoms with E-state index >= 15 is 0 Å². The van der Waals surface area contributed by atoms with Gasteiger partial charge in [0.15, 0.2) is 0 Å². The van der Waals surface area contributed by atoms with Crippen LogP contribution >= 0.6 is 11.5 Å². The molecule has 1 aliphatic carbocycles. The summed E-state index contributed by atoms with van der Waals surface area (Å²) < 4.78 is 3.81. The van der Waals surface area contributed by atoms with Gasteiger partial charge in [-0.05, 0) is 30.3 Å². The van der Waals surface area contributed by atoms with E-state index in [4.69, 9.17) is 0 Å². The number of nitrogens with one attached hydrogen (secondary N) is 1. The minimum atomic E-state index is 0.715. The first-order valence-corrected chi connectivity index (χ1v) is 5.19. The highest BCUT2D eigenvalue weighted by Gasteiger charge is 2.25. The molecule has 0 amide bonds. The van der Waals surface area contributed by atoms with Crippen molar-refractivity contribution in [3.05, 3.63) is 11.1 Å². The molecule has 0 aliphatic heterocycles. The first-order valence-electron chi connectivity index (χ1n) is 4.35. The topological polar surface area (TPSA) is 37.8 Å². The van der Waals surface area contributed by atoms with Crippen molar-refractivity contribution >= 4 is 11.5 Å². The van der Waals surface area contributed by atoms with Crippen molar-refractivity contribution in [2.75, 3.05) is 0 Å². The maximum Gasteiger partial charge on any atom is 0.0893 e. The third kappa shape index (κ3) is 1.64. The van der Waals surface area contributed by atoms with Gasteiger partial charge >= 0.3 is 0 Å². The molecule has 0 radical (unpaired) electrons. The molecule has 1 aliphatic rings. The Hall–Kier alpha value is -0.480. The van der Waals surface area contributed by atoms with E-state index < -0.39 is 0 Å². The van der Waals surface area contributed by atoms with Gasteiger partial charge in [-0.25, -0.2) is 0 Å². The van der Waals surface area contributed by atoms with Crippen molar-refractivity contribution in [3.63, 3.8) is 0 Å². The molecule has 0 bridgehead atoms. The van der Waals surface area contributed by atoms with Crippen molar-refractivity contribution < 1.29 is 0 Å². The molecule has 1 N–H and O–H groups in total. The Balaban J connectivity index is 1.75. The summed E-state index contributed by atoms with van der Waals surface area (Å²) in [5, 5.41) is 9.45. The van der Waals surface area contributed by atoms with Crippen LogP contribution in [0.1, 0.15) is 25.5 Å². The first kappa shape index (κ1) is 8.13. The average Bonchev–Trinajstić information content (AvgIpc) is 2.54. The molecule has 2 rings (SSSR count). The zero-order valence-corrected chi connectivity index (χ0v) is 7.97. The molecule has 4 heteroatoms. The van der Waals surface area contributed by atoms with Gasteiger partial charge in [0.1, 0.15) is 0 Å². The number of nitrogens with zero attached hydrogens (tertiary/aromatic N) is 2. The van der Waals surface area contributed by atoms with Crippen LogP contribution in [0.4, 0.5) is 0 Å². The molecule has 0 aromatic carbocycles. The molecule has 1 fully saturated rings. The quantitative estimate of drug-likeness (QED) is 0.770. The molecule has 1 aromatic rings. The van der Waals surface area contributed by atoms with Gasteiger partial charge in [0.25, 0.3) is 0 Å². The number of hydrogen-bond donors (Lipinski definition) is 1. The first-order chi connectivity index (χ1) is 5.86. The summed E-state index contributed by atoms with van der Waals surface area (Å²) in [4.78, 5) is 0. The van der Waals surface area contributed by atoms with Crippen LogP contribution in [0.5, 0.6) is 0 Å². The zero-order chi connectivity index (χ0) is 8.39. The molecule has 2 unspecified atom stereocenters. The Morgan fingerprint density at radius 2 is 2.58 bits per heavy atom. The summed E-state index contributed by atoms with van der Waals surface area (Å²) in [7, 11) is 0. The van der Waals surface area contributed by atoms with Gasteiger partial charge in [0, 0.05) is 18.0 Å². The van der Waals surface area contributed by atoms with Crippen LogP contribution in [0.25, 0.3) is 0 Å². The van der Waals surface area contributed by atoms with Crippen LogP contribution in [-0.2, 0) is 6.54 Å². The summed E-state index contributed by atoms with van der Waals surface area (Å²) in [6.45, 7) is 3.17. The molecule has 0 saturated heterocycles. The predicted octanol–water partition coefficient (Wildman–Crippen LogP) is 1.43. The predicted molar refractivity (Wildman–Crippen MR) is 48.9 cm³/mol. The molecule has 2 atom stereocenters. The SMILES string of the molecule is CC1CCC1NCc1csnn1. The lowest BCUT2D eigenvalue weighted by atomic mass is 9.81. The molecular formula is C8H13N3S. The second kappa shape index (κ2) is 3.49. The van der Waals surface area contributed by atoms with E-state index in [1.807, 2.05) is 5.38 Å². The fraction of sp³-hybridized carbons (Fsp3) is 0.750. The second-order valence-corrected chi connectivity index (χ2v) is 4.05.